The monoisotopic (exact) mass is 360 g/mol. The second-order valence-corrected chi connectivity index (χ2v) is 6.59. The Balaban J connectivity index is 1.68. The van der Waals surface area contributed by atoms with Gasteiger partial charge in [-0.2, -0.15) is 0 Å². The average Bonchev–Trinajstić information content (AvgIpc) is 3.01. The minimum Gasteiger partial charge on any atom is -0.346 e. The lowest BCUT2D eigenvalue weighted by atomic mass is 10.1. The number of benzene rings is 2. The molecule has 0 bridgehead atoms. The summed E-state index contributed by atoms with van der Waals surface area (Å²) in [6, 6.07) is 11.8. The van der Waals surface area contributed by atoms with Crippen molar-refractivity contribution in [3.05, 3.63) is 75.5 Å². The summed E-state index contributed by atoms with van der Waals surface area (Å²) in [6.07, 6.45) is 0. The third kappa shape index (κ3) is 3.80. The van der Waals surface area contributed by atoms with Gasteiger partial charge in [0.15, 0.2) is 0 Å². The number of nitrogens with one attached hydrogen (secondary N) is 1. The number of aromatic nitrogens is 1. The second-order valence-electron chi connectivity index (χ2n) is 5.32. The summed E-state index contributed by atoms with van der Waals surface area (Å²) >= 11 is 7.42. The van der Waals surface area contributed by atoms with Crippen LogP contribution in [0.1, 0.15) is 21.6 Å². The molecule has 1 N–H and O–H groups in total. The van der Waals surface area contributed by atoms with Gasteiger partial charge in [0.25, 0.3) is 5.91 Å². The Morgan fingerprint density at radius 2 is 2.12 bits per heavy atom. The Labute approximate surface area is 148 Å². The van der Waals surface area contributed by atoms with Crippen molar-refractivity contribution in [1.82, 2.24) is 10.3 Å². The van der Waals surface area contributed by atoms with Gasteiger partial charge in [-0.05, 0) is 31.2 Å². The largest absolute Gasteiger partial charge is 0.346 e. The molecule has 0 unspecified atom stereocenters. The second kappa shape index (κ2) is 7.11. The van der Waals surface area contributed by atoms with Crippen molar-refractivity contribution < 1.29 is 9.18 Å². The Morgan fingerprint density at radius 3 is 2.88 bits per heavy atom. The Kier molecular flexibility index (Phi) is 4.92. The number of aryl methyl sites for hydroxylation is 1. The zero-order valence-electron chi connectivity index (χ0n) is 12.8. The summed E-state index contributed by atoms with van der Waals surface area (Å²) in [4.78, 5) is 16.7. The number of hydrogen-bond acceptors (Lipinski definition) is 3. The summed E-state index contributed by atoms with van der Waals surface area (Å²) in [7, 11) is 0. The molecule has 3 rings (SSSR count). The van der Waals surface area contributed by atoms with E-state index in [0.717, 1.165) is 22.3 Å². The maximum absolute atomic E-state index is 13.0. The van der Waals surface area contributed by atoms with Gasteiger partial charge in [-0.25, -0.2) is 9.37 Å². The van der Waals surface area contributed by atoms with E-state index in [1.54, 1.807) is 0 Å². The maximum atomic E-state index is 13.0. The number of halogens is 2. The van der Waals surface area contributed by atoms with E-state index in [9.17, 15) is 9.18 Å². The summed E-state index contributed by atoms with van der Waals surface area (Å²) in [5, 5.41) is 5.65. The summed E-state index contributed by atoms with van der Waals surface area (Å²) in [5.41, 5.74) is 3.23. The fourth-order valence-electron chi connectivity index (χ4n) is 2.24. The first kappa shape index (κ1) is 16.6. The fraction of sp³-hybridized carbons (Fsp3) is 0.111. The number of carbonyl (C=O) groups is 1. The number of amides is 1. The van der Waals surface area contributed by atoms with E-state index < -0.39 is 5.82 Å². The number of thiazole rings is 1. The van der Waals surface area contributed by atoms with E-state index in [1.807, 2.05) is 30.5 Å². The van der Waals surface area contributed by atoms with Crippen LogP contribution in [0.15, 0.2) is 47.8 Å². The van der Waals surface area contributed by atoms with Gasteiger partial charge in [-0.1, -0.05) is 35.4 Å². The topological polar surface area (TPSA) is 42.0 Å². The van der Waals surface area contributed by atoms with E-state index in [2.05, 4.69) is 16.4 Å². The van der Waals surface area contributed by atoms with Crippen molar-refractivity contribution in [3.63, 3.8) is 0 Å². The molecular formula is C18H14ClFN2OS. The molecule has 1 amide bonds. The highest BCUT2D eigenvalue weighted by Gasteiger charge is 2.12. The number of nitrogens with zero attached hydrogens (tertiary/aromatic N) is 1. The predicted octanol–water partition coefficient (Wildman–Crippen LogP) is 4.84. The highest BCUT2D eigenvalue weighted by molar-refractivity contribution is 7.13. The first-order valence-corrected chi connectivity index (χ1v) is 8.53. The molecule has 0 aliphatic carbocycles. The van der Waals surface area contributed by atoms with Gasteiger partial charge in [0.1, 0.15) is 10.8 Å². The third-order valence-corrected chi connectivity index (χ3v) is 4.68. The number of rotatable bonds is 4. The SMILES string of the molecule is Cc1cccc(-c2nc(CNC(=O)c3ccc(F)cc3Cl)cs2)c1. The van der Waals surface area contributed by atoms with Gasteiger partial charge >= 0.3 is 0 Å². The molecule has 1 aromatic heterocycles. The van der Waals surface area contributed by atoms with Gasteiger partial charge in [-0.15, -0.1) is 11.3 Å². The number of hydrogen-bond donors (Lipinski definition) is 1. The van der Waals surface area contributed by atoms with Crippen LogP contribution in [0.3, 0.4) is 0 Å². The summed E-state index contributed by atoms with van der Waals surface area (Å²) < 4.78 is 13.0. The predicted molar refractivity (Wildman–Crippen MR) is 94.9 cm³/mol. The average molecular weight is 361 g/mol. The van der Waals surface area contributed by atoms with Crippen LogP contribution in [0.25, 0.3) is 10.6 Å². The van der Waals surface area contributed by atoms with Crippen LogP contribution in [0.2, 0.25) is 5.02 Å². The zero-order chi connectivity index (χ0) is 17.1. The lowest BCUT2D eigenvalue weighted by molar-refractivity contribution is 0.0950. The normalized spacial score (nSPS) is 10.6. The maximum Gasteiger partial charge on any atom is 0.253 e. The van der Waals surface area contributed by atoms with Gasteiger partial charge in [-0.3, -0.25) is 4.79 Å². The highest BCUT2D eigenvalue weighted by Crippen LogP contribution is 2.24. The Bertz CT molecular complexity index is 894. The van der Waals surface area contributed by atoms with Crippen molar-refractivity contribution in [2.45, 2.75) is 13.5 Å². The molecular weight excluding hydrogens is 347 g/mol. The standard InChI is InChI=1S/C18H14ClFN2OS/c1-11-3-2-4-12(7-11)18-22-14(10-24-18)9-21-17(23)15-6-5-13(20)8-16(15)19/h2-8,10H,9H2,1H3,(H,21,23). The molecule has 0 radical (unpaired) electrons. The smallest absolute Gasteiger partial charge is 0.253 e. The van der Waals surface area contributed by atoms with E-state index in [0.29, 0.717) is 0 Å². The lowest BCUT2D eigenvalue weighted by Crippen LogP contribution is -2.23. The molecule has 0 aliphatic rings. The summed E-state index contributed by atoms with van der Waals surface area (Å²) in [5.74, 6) is -0.830. The molecule has 2 aromatic carbocycles. The minimum absolute atomic E-state index is 0.0891. The van der Waals surface area contributed by atoms with Crippen molar-refractivity contribution in [1.29, 1.82) is 0 Å². The molecule has 0 spiro atoms. The van der Waals surface area contributed by atoms with Crippen LogP contribution in [-0.2, 0) is 6.54 Å². The van der Waals surface area contributed by atoms with Gasteiger partial charge in [0.2, 0.25) is 0 Å². The molecule has 0 saturated heterocycles. The van der Waals surface area contributed by atoms with Crippen molar-refractivity contribution >= 4 is 28.8 Å². The van der Waals surface area contributed by atoms with Crippen LogP contribution in [0.4, 0.5) is 4.39 Å². The van der Waals surface area contributed by atoms with Crippen LogP contribution in [0, 0.1) is 12.7 Å². The highest BCUT2D eigenvalue weighted by atomic mass is 35.5. The van der Waals surface area contributed by atoms with Gasteiger partial charge in [0, 0.05) is 10.9 Å². The van der Waals surface area contributed by atoms with Crippen LogP contribution >= 0.6 is 22.9 Å². The fourth-order valence-corrected chi connectivity index (χ4v) is 3.31. The van der Waals surface area contributed by atoms with Crippen LogP contribution in [0.5, 0.6) is 0 Å². The molecule has 3 nitrogen and oxygen atoms in total. The Hall–Kier alpha value is -2.24. The van der Waals surface area contributed by atoms with Crippen LogP contribution in [-0.4, -0.2) is 10.9 Å². The summed E-state index contributed by atoms with van der Waals surface area (Å²) in [6.45, 7) is 2.32. The number of carbonyl (C=O) groups excluding carboxylic acids is 1. The molecule has 1 heterocycles. The molecule has 24 heavy (non-hydrogen) atoms. The molecule has 122 valence electrons. The first-order valence-electron chi connectivity index (χ1n) is 7.27. The Morgan fingerprint density at radius 1 is 1.29 bits per heavy atom. The van der Waals surface area contributed by atoms with E-state index in [-0.39, 0.29) is 23.0 Å². The molecule has 0 saturated carbocycles. The van der Waals surface area contributed by atoms with E-state index in [4.69, 9.17) is 11.6 Å². The molecule has 0 aliphatic heterocycles. The third-order valence-electron chi connectivity index (χ3n) is 3.42. The first-order chi connectivity index (χ1) is 11.5. The zero-order valence-corrected chi connectivity index (χ0v) is 14.4. The van der Waals surface area contributed by atoms with Crippen LogP contribution < -0.4 is 5.32 Å². The molecule has 0 fully saturated rings. The van der Waals surface area contributed by atoms with Crippen molar-refractivity contribution in [3.8, 4) is 10.6 Å². The van der Waals surface area contributed by atoms with E-state index >= 15 is 0 Å². The van der Waals surface area contributed by atoms with Gasteiger partial charge in [0.05, 0.1) is 22.8 Å². The lowest BCUT2D eigenvalue weighted by Gasteiger charge is -2.05. The molecule has 6 heteroatoms. The van der Waals surface area contributed by atoms with E-state index in [1.165, 1.54) is 29.0 Å². The van der Waals surface area contributed by atoms with Gasteiger partial charge < -0.3 is 5.32 Å². The molecule has 0 atom stereocenters. The van der Waals surface area contributed by atoms with Crippen molar-refractivity contribution in [2.24, 2.45) is 0 Å². The minimum atomic E-state index is -0.473. The quantitative estimate of drug-likeness (QED) is 0.723. The van der Waals surface area contributed by atoms with Crippen molar-refractivity contribution in [2.75, 3.05) is 0 Å². The molecule has 3 aromatic rings.